The van der Waals surface area contributed by atoms with E-state index < -0.39 is 29.1 Å². The Bertz CT molecular complexity index is 2950. The number of halogens is 2. The quantitative estimate of drug-likeness (QED) is 0.0658. The summed E-state index contributed by atoms with van der Waals surface area (Å²) in [6.45, 7) is 17.7. The number of unbranched alkanes of at least 4 members (excludes halogenated alkanes) is 3. The molecule has 0 radical (unpaired) electrons. The number of nitrogens with one attached hydrogen (secondary N) is 3. The first-order valence-electron chi connectivity index (χ1n) is 25.7. The highest BCUT2D eigenvalue weighted by molar-refractivity contribution is 7.13. The molecular formula is C55H68F2N12O4S. The van der Waals surface area contributed by atoms with Crippen molar-refractivity contribution in [2.45, 2.75) is 131 Å². The van der Waals surface area contributed by atoms with Crippen LogP contribution >= 0.6 is 11.3 Å². The van der Waals surface area contributed by atoms with Gasteiger partial charge in [0, 0.05) is 76.5 Å². The number of aryl methyl sites for hydroxylation is 2. The molecule has 0 aliphatic carbocycles. The third-order valence-corrected chi connectivity index (χ3v) is 14.9. The fraction of sp³-hybridized carbons (Fsp3) is 0.473. The van der Waals surface area contributed by atoms with Crippen molar-refractivity contribution in [2.24, 2.45) is 5.41 Å². The summed E-state index contributed by atoms with van der Waals surface area (Å²) in [7, 11) is 0. The number of carbonyl (C=O) groups is 4. The molecule has 6 heterocycles. The zero-order valence-electron chi connectivity index (χ0n) is 43.5. The van der Waals surface area contributed by atoms with Crippen LogP contribution in [0.1, 0.15) is 115 Å². The molecule has 2 fully saturated rings. The second-order valence-corrected chi connectivity index (χ2v) is 21.7. The van der Waals surface area contributed by atoms with Crippen LogP contribution in [0.4, 0.5) is 20.5 Å². The molecule has 19 heteroatoms. The molecule has 0 bridgehead atoms. The molecule has 2 aliphatic heterocycles. The summed E-state index contributed by atoms with van der Waals surface area (Å²) in [5, 5.41) is 9.08. The number of piperazine rings is 1. The van der Waals surface area contributed by atoms with Crippen molar-refractivity contribution in [2.75, 3.05) is 38.0 Å². The van der Waals surface area contributed by atoms with Gasteiger partial charge in [0.15, 0.2) is 11.6 Å². The van der Waals surface area contributed by atoms with Gasteiger partial charge in [-0.05, 0) is 93.7 Å². The Balaban J connectivity index is 0.720. The molecule has 8 rings (SSSR count). The van der Waals surface area contributed by atoms with Gasteiger partial charge in [0.25, 0.3) is 0 Å². The van der Waals surface area contributed by atoms with E-state index in [2.05, 4.69) is 45.8 Å². The molecule has 4 aromatic heterocycles. The number of nitrogens with zero attached hydrogens (tertiary/aromatic N) is 9. The molecule has 392 valence electrons. The van der Waals surface area contributed by atoms with E-state index in [1.807, 2.05) is 93.8 Å². The summed E-state index contributed by atoms with van der Waals surface area (Å²) >= 11 is 1.60. The van der Waals surface area contributed by atoms with Gasteiger partial charge in [-0.1, -0.05) is 63.9 Å². The number of aromatic nitrogens is 6. The molecule has 0 saturated carbocycles. The normalized spacial score (nSPS) is 15.7. The zero-order chi connectivity index (χ0) is 52.7. The highest BCUT2D eigenvalue weighted by Crippen LogP contribution is 2.32. The zero-order valence-corrected chi connectivity index (χ0v) is 44.3. The summed E-state index contributed by atoms with van der Waals surface area (Å²) in [5.74, 6) is -0.487. The Morgan fingerprint density at radius 3 is 2.22 bits per heavy atom. The molecule has 2 aromatic carbocycles. The Morgan fingerprint density at radius 1 is 0.811 bits per heavy atom. The Labute approximate surface area is 435 Å². The van der Waals surface area contributed by atoms with Crippen LogP contribution in [0.2, 0.25) is 0 Å². The minimum atomic E-state index is -0.779. The number of hydrogen-bond acceptors (Lipinski definition) is 12. The fourth-order valence-corrected chi connectivity index (χ4v) is 10.7. The predicted octanol–water partition coefficient (Wildman–Crippen LogP) is 9.05. The third-order valence-electron chi connectivity index (χ3n) is 13.9. The van der Waals surface area contributed by atoms with E-state index in [1.165, 1.54) is 6.07 Å². The number of amides is 4. The van der Waals surface area contributed by atoms with Crippen molar-refractivity contribution in [3.05, 3.63) is 101 Å². The van der Waals surface area contributed by atoms with Crippen molar-refractivity contribution in [3.63, 3.8) is 0 Å². The number of fused-ring (bicyclic) bond motifs is 1. The van der Waals surface area contributed by atoms with E-state index in [4.69, 9.17) is 0 Å². The maximum atomic E-state index is 15.2. The summed E-state index contributed by atoms with van der Waals surface area (Å²) in [5.41, 5.74) is 6.31. The Morgan fingerprint density at radius 2 is 1.54 bits per heavy atom. The average molecular weight is 1030 g/mol. The van der Waals surface area contributed by atoms with E-state index in [0.29, 0.717) is 75.6 Å². The summed E-state index contributed by atoms with van der Waals surface area (Å²) in [6, 6.07) is 13.4. The van der Waals surface area contributed by atoms with E-state index in [1.54, 1.807) is 34.6 Å². The molecular weight excluding hydrogens is 963 g/mol. The fourth-order valence-electron chi connectivity index (χ4n) is 9.89. The number of pyridine rings is 1. The average Bonchev–Trinajstić information content (AvgIpc) is 4.13. The van der Waals surface area contributed by atoms with Gasteiger partial charge in [0.05, 0.1) is 27.8 Å². The summed E-state index contributed by atoms with van der Waals surface area (Å²) in [4.78, 5) is 82.5. The van der Waals surface area contributed by atoms with Crippen molar-refractivity contribution >= 4 is 57.8 Å². The monoisotopic (exact) mass is 1030 g/mol. The number of thiazole rings is 1. The number of anilines is 2. The maximum Gasteiger partial charge on any atom is 0.246 e. The molecule has 6 aromatic rings. The molecule has 4 amide bonds. The van der Waals surface area contributed by atoms with Crippen LogP contribution in [-0.4, -0.2) is 113 Å². The van der Waals surface area contributed by atoms with Crippen LogP contribution < -0.4 is 16.0 Å². The smallest absolute Gasteiger partial charge is 0.246 e. The van der Waals surface area contributed by atoms with Crippen LogP contribution in [0.5, 0.6) is 0 Å². The van der Waals surface area contributed by atoms with Gasteiger partial charge in [-0.2, -0.15) is 0 Å². The molecule has 0 unspecified atom stereocenters. The van der Waals surface area contributed by atoms with E-state index in [-0.39, 0.29) is 58.8 Å². The van der Waals surface area contributed by atoms with Gasteiger partial charge in [0.2, 0.25) is 29.6 Å². The highest BCUT2D eigenvalue weighted by atomic mass is 32.1. The van der Waals surface area contributed by atoms with Gasteiger partial charge < -0.3 is 30.3 Å². The highest BCUT2D eigenvalue weighted by Gasteiger charge is 2.42. The van der Waals surface area contributed by atoms with Gasteiger partial charge in [-0.15, -0.1) is 11.3 Å². The van der Waals surface area contributed by atoms with E-state index in [0.717, 1.165) is 65.8 Å². The number of carbonyl (C=O) groups excluding carboxylic acids is 4. The number of imidazole rings is 1. The molecule has 2 aliphatic rings. The largest absolute Gasteiger partial charge is 0.350 e. The first kappa shape index (κ1) is 53.6. The maximum absolute atomic E-state index is 15.2. The minimum Gasteiger partial charge on any atom is -0.350 e. The predicted molar refractivity (Wildman–Crippen MR) is 283 cm³/mol. The van der Waals surface area contributed by atoms with Crippen LogP contribution in [0.15, 0.2) is 66.4 Å². The summed E-state index contributed by atoms with van der Waals surface area (Å²) < 4.78 is 32.2. The van der Waals surface area contributed by atoms with Crippen molar-refractivity contribution in [3.8, 4) is 21.7 Å². The van der Waals surface area contributed by atoms with Crippen LogP contribution in [-0.2, 0) is 32.3 Å². The van der Waals surface area contributed by atoms with Crippen molar-refractivity contribution < 1.29 is 28.0 Å². The molecule has 2 saturated heterocycles. The minimum absolute atomic E-state index is 0.0247. The number of likely N-dealkylation sites (tertiary alicyclic amines) is 1. The first-order valence-corrected chi connectivity index (χ1v) is 26.6. The Hall–Kier alpha value is -6.73. The molecule has 2 atom stereocenters. The van der Waals surface area contributed by atoms with Crippen LogP contribution in [0, 0.1) is 30.9 Å². The van der Waals surface area contributed by atoms with Gasteiger partial charge in [-0.25, -0.2) is 33.7 Å². The standard InChI is InChI=1S/C55H68F2N12O4S/c1-34(2)69-36(4)62-49-41(56)27-40(28-44(49)69)48-42(57)31-60-54(65-48)63-45-21-18-38(30-58-45)32-66-23-25-67(26-24-66)47(71)15-11-9-8-10-14-46(70)64-51(55(5,6)7)53(73)68-22-12-13-43(68)52(72)59-29-37-16-19-39(20-17-37)50-35(3)61-33-74-50/h16-21,27-28,30-31,33-34,43,51H,8-15,22-26,29,32H2,1-7H3,(H,59,72)(H,64,70)(H,58,60,63,65)/t43-,51+/m0/s1. The number of rotatable bonds is 19. The second-order valence-electron chi connectivity index (χ2n) is 20.8. The third kappa shape index (κ3) is 13.0. The van der Waals surface area contributed by atoms with Crippen LogP contribution in [0.25, 0.3) is 32.7 Å². The lowest BCUT2D eigenvalue weighted by atomic mass is 9.85. The van der Waals surface area contributed by atoms with Gasteiger partial charge in [0.1, 0.15) is 34.9 Å². The van der Waals surface area contributed by atoms with Crippen molar-refractivity contribution in [1.29, 1.82) is 0 Å². The lowest BCUT2D eigenvalue weighted by Gasteiger charge is -2.35. The lowest BCUT2D eigenvalue weighted by Crippen LogP contribution is -2.57. The van der Waals surface area contributed by atoms with E-state index >= 15 is 8.78 Å². The Kier molecular flexibility index (Phi) is 17.1. The van der Waals surface area contributed by atoms with Gasteiger partial charge >= 0.3 is 0 Å². The number of hydrogen-bond donors (Lipinski definition) is 3. The first-order chi connectivity index (χ1) is 35.4. The van der Waals surface area contributed by atoms with E-state index in [9.17, 15) is 19.2 Å². The topological polar surface area (TPSA) is 183 Å². The lowest BCUT2D eigenvalue weighted by molar-refractivity contribution is -0.143. The molecule has 74 heavy (non-hydrogen) atoms. The van der Waals surface area contributed by atoms with Gasteiger partial charge in [-0.3, -0.25) is 24.1 Å². The second kappa shape index (κ2) is 23.6. The molecule has 0 spiro atoms. The number of benzene rings is 2. The van der Waals surface area contributed by atoms with Crippen molar-refractivity contribution in [1.82, 2.24) is 54.8 Å². The van der Waals surface area contributed by atoms with Crippen LogP contribution in [0.3, 0.4) is 0 Å². The SMILES string of the molecule is Cc1ncsc1-c1ccc(CNC(=O)[C@@H]2CCCN2C(=O)[C@@H](NC(=O)CCCCCCC(=O)N2CCN(Cc3ccc(Nc4ncc(F)c(-c5cc(F)c6nc(C)n(C(C)C)c6c5)n4)nc3)CC2)C(C)(C)C)cc1. The molecule has 16 nitrogen and oxygen atoms in total. The molecule has 3 N–H and O–H groups in total. The summed E-state index contributed by atoms with van der Waals surface area (Å²) in [6.07, 6.45) is 7.79.